The lowest BCUT2D eigenvalue weighted by molar-refractivity contribution is -0.149. The average Bonchev–Trinajstić information content (AvgIpc) is 2.34. The molecule has 1 aliphatic rings. The third kappa shape index (κ3) is 3.31. The quantitative estimate of drug-likeness (QED) is 0.835. The fourth-order valence-corrected chi connectivity index (χ4v) is 2.97. The molecule has 0 radical (unpaired) electrons. The first-order chi connectivity index (χ1) is 10.1. The van der Waals surface area contributed by atoms with Gasteiger partial charge in [-0.15, -0.1) is 0 Å². The number of nitrogens with one attached hydrogen (secondary N) is 1. The van der Waals surface area contributed by atoms with E-state index in [4.69, 9.17) is 23.2 Å². The van der Waals surface area contributed by atoms with Gasteiger partial charge in [0.2, 0.25) is 5.91 Å². The van der Waals surface area contributed by atoms with E-state index < -0.39 is 35.0 Å². The van der Waals surface area contributed by atoms with Crippen molar-refractivity contribution in [2.75, 3.05) is 5.32 Å². The van der Waals surface area contributed by atoms with Crippen molar-refractivity contribution >= 4 is 46.4 Å². The van der Waals surface area contributed by atoms with E-state index in [1.807, 2.05) is 0 Å². The van der Waals surface area contributed by atoms with Gasteiger partial charge in [0, 0.05) is 27.6 Å². The van der Waals surface area contributed by atoms with Gasteiger partial charge in [-0.25, -0.2) is 4.39 Å². The van der Waals surface area contributed by atoms with Gasteiger partial charge in [-0.3, -0.25) is 14.4 Å². The smallest absolute Gasteiger partial charge is 0.242 e. The van der Waals surface area contributed by atoms with Gasteiger partial charge in [0.25, 0.3) is 0 Å². The van der Waals surface area contributed by atoms with E-state index in [9.17, 15) is 18.8 Å². The number of ketones is 2. The van der Waals surface area contributed by atoms with Gasteiger partial charge in [0.1, 0.15) is 0 Å². The summed E-state index contributed by atoms with van der Waals surface area (Å²) in [7, 11) is 0. The number of alkyl halides is 1. The van der Waals surface area contributed by atoms with Gasteiger partial charge in [-0.2, -0.15) is 0 Å². The summed E-state index contributed by atoms with van der Waals surface area (Å²) in [4.78, 5) is 36.2. The van der Waals surface area contributed by atoms with E-state index in [1.165, 1.54) is 32.0 Å². The van der Waals surface area contributed by atoms with Crippen molar-refractivity contribution in [3.8, 4) is 0 Å². The molecule has 0 aliphatic heterocycles. The second kappa shape index (κ2) is 5.97. The molecule has 1 amide bonds. The SMILES string of the molecule is CC1(C)CC(=O)C(C(=O)Nc2cc(Cl)cc(Cl)c2)C(=O)C1F. The molecule has 2 rings (SSSR count). The van der Waals surface area contributed by atoms with Crippen LogP contribution in [0.4, 0.5) is 10.1 Å². The molecule has 1 aliphatic carbocycles. The number of anilines is 1. The number of carbonyl (C=O) groups is 3. The number of benzene rings is 1. The van der Waals surface area contributed by atoms with Crippen LogP contribution in [0.3, 0.4) is 0 Å². The first kappa shape index (κ1) is 16.9. The topological polar surface area (TPSA) is 63.2 Å². The number of Topliss-reactive ketones (excluding diaryl/α,β-unsaturated/α-hetero) is 2. The number of amides is 1. The van der Waals surface area contributed by atoms with Gasteiger partial charge in [-0.1, -0.05) is 37.0 Å². The normalized spacial score (nSPS) is 24.2. The molecule has 0 spiro atoms. The number of rotatable bonds is 2. The van der Waals surface area contributed by atoms with Gasteiger partial charge in [0.05, 0.1) is 0 Å². The van der Waals surface area contributed by atoms with Gasteiger partial charge >= 0.3 is 0 Å². The lowest BCUT2D eigenvalue weighted by Crippen LogP contribution is -2.51. The molecule has 2 atom stereocenters. The van der Waals surface area contributed by atoms with E-state index in [0.29, 0.717) is 0 Å². The van der Waals surface area contributed by atoms with Crippen molar-refractivity contribution in [3.63, 3.8) is 0 Å². The minimum Gasteiger partial charge on any atom is -0.325 e. The van der Waals surface area contributed by atoms with E-state index >= 15 is 0 Å². The summed E-state index contributed by atoms with van der Waals surface area (Å²) in [5, 5.41) is 2.96. The van der Waals surface area contributed by atoms with Crippen LogP contribution in [0.15, 0.2) is 18.2 Å². The fourth-order valence-electron chi connectivity index (χ4n) is 2.45. The molecule has 0 heterocycles. The van der Waals surface area contributed by atoms with Crippen LogP contribution in [0.2, 0.25) is 10.0 Å². The molecular weight excluding hydrogens is 332 g/mol. The zero-order chi connectivity index (χ0) is 16.7. The molecular formula is C15H14Cl2FNO3. The lowest BCUT2D eigenvalue weighted by atomic mass is 9.70. The van der Waals surface area contributed by atoms with E-state index in [-0.39, 0.29) is 22.2 Å². The Hall–Kier alpha value is -1.46. The Kier molecular flexibility index (Phi) is 4.59. The van der Waals surface area contributed by atoms with Crippen LogP contribution in [0.1, 0.15) is 20.3 Å². The van der Waals surface area contributed by atoms with Gasteiger partial charge < -0.3 is 5.32 Å². The Labute approximate surface area is 137 Å². The molecule has 4 nitrogen and oxygen atoms in total. The number of carbonyl (C=O) groups excluding carboxylic acids is 3. The molecule has 118 valence electrons. The summed E-state index contributed by atoms with van der Waals surface area (Å²) < 4.78 is 14.1. The van der Waals surface area contributed by atoms with Crippen LogP contribution in [0.25, 0.3) is 0 Å². The summed E-state index contributed by atoms with van der Waals surface area (Å²) in [6.07, 6.45) is -2.03. The molecule has 1 aromatic rings. The number of hydrogen-bond acceptors (Lipinski definition) is 3. The Bertz CT molecular complexity index is 640. The number of hydrogen-bond donors (Lipinski definition) is 1. The molecule has 0 aromatic heterocycles. The van der Waals surface area contributed by atoms with Crippen LogP contribution in [-0.2, 0) is 14.4 Å². The maximum absolute atomic E-state index is 14.1. The molecule has 1 N–H and O–H groups in total. The molecule has 7 heteroatoms. The monoisotopic (exact) mass is 345 g/mol. The summed E-state index contributed by atoms with van der Waals surface area (Å²) >= 11 is 11.6. The van der Waals surface area contributed by atoms with Gasteiger partial charge in [0.15, 0.2) is 23.7 Å². The second-order valence-electron chi connectivity index (χ2n) is 5.98. The Morgan fingerprint density at radius 2 is 1.77 bits per heavy atom. The van der Waals surface area contributed by atoms with Crippen LogP contribution >= 0.6 is 23.2 Å². The molecule has 0 bridgehead atoms. The van der Waals surface area contributed by atoms with Crippen molar-refractivity contribution in [2.45, 2.75) is 26.4 Å². The lowest BCUT2D eigenvalue weighted by Gasteiger charge is -2.34. The average molecular weight is 346 g/mol. The second-order valence-corrected chi connectivity index (χ2v) is 6.85. The van der Waals surface area contributed by atoms with Crippen LogP contribution in [-0.4, -0.2) is 23.6 Å². The minimum atomic E-state index is -1.86. The standard InChI is InChI=1S/C15H14Cl2FNO3/c1-15(2)6-10(20)11(12(21)13(15)18)14(22)19-9-4-7(16)3-8(17)5-9/h3-5,11,13H,6H2,1-2H3,(H,19,22). The van der Waals surface area contributed by atoms with Crippen molar-refractivity contribution in [1.82, 2.24) is 0 Å². The zero-order valence-electron chi connectivity index (χ0n) is 12.0. The molecule has 0 saturated heterocycles. The third-order valence-electron chi connectivity index (χ3n) is 3.56. The Morgan fingerprint density at radius 3 is 2.32 bits per heavy atom. The van der Waals surface area contributed by atoms with Crippen LogP contribution in [0, 0.1) is 11.3 Å². The summed E-state index contributed by atoms with van der Waals surface area (Å²) in [6.45, 7) is 2.97. The highest BCUT2D eigenvalue weighted by molar-refractivity contribution is 6.35. The van der Waals surface area contributed by atoms with Crippen molar-refractivity contribution in [1.29, 1.82) is 0 Å². The first-order valence-corrected chi connectivity index (χ1v) is 7.35. The molecule has 2 unspecified atom stereocenters. The maximum Gasteiger partial charge on any atom is 0.242 e. The zero-order valence-corrected chi connectivity index (χ0v) is 13.5. The van der Waals surface area contributed by atoms with E-state index in [2.05, 4.69) is 5.32 Å². The fraction of sp³-hybridized carbons (Fsp3) is 0.400. The summed E-state index contributed by atoms with van der Waals surface area (Å²) in [5.41, 5.74) is -0.854. The highest BCUT2D eigenvalue weighted by atomic mass is 35.5. The predicted molar refractivity (Wildman–Crippen MR) is 81.9 cm³/mol. The Balaban J connectivity index is 2.22. The van der Waals surface area contributed by atoms with E-state index in [0.717, 1.165) is 0 Å². The molecule has 1 fully saturated rings. The van der Waals surface area contributed by atoms with E-state index in [1.54, 1.807) is 0 Å². The van der Waals surface area contributed by atoms with Crippen LogP contribution < -0.4 is 5.32 Å². The maximum atomic E-state index is 14.1. The van der Waals surface area contributed by atoms with Crippen molar-refractivity contribution in [3.05, 3.63) is 28.2 Å². The first-order valence-electron chi connectivity index (χ1n) is 6.59. The molecule has 1 aromatic carbocycles. The third-order valence-corrected chi connectivity index (χ3v) is 4.00. The molecule has 1 saturated carbocycles. The summed E-state index contributed by atoms with van der Waals surface area (Å²) in [6, 6.07) is 4.30. The molecule has 22 heavy (non-hydrogen) atoms. The Morgan fingerprint density at radius 1 is 1.23 bits per heavy atom. The minimum absolute atomic E-state index is 0.172. The summed E-state index contributed by atoms with van der Waals surface area (Å²) in [5.74, 6) is -4.10. The number of halogens is 3. The highest BCUT2D eigenvalue weighted by Crippen LogP contribution is 2.37. The predicted octanol–water partition coefficient (Wildman–Crippen LogP) is 3.45. The van der Waals surface area contributed by atoms with Gasteiger partial charge in [-0.05, 0) is 18.2 Å². The van der Waals surface area contributed by atoms with Crippen molar-refractivity contribution < 1.29 is 18.8 Å². The van der Waals surface area contributed by atoms with Crippen molar-refractivity contribution in [2.24, 2.45) is 11.3 Å². The largest absolute Gasteiger partial charge is 0.325 e. The van der Waals surface area contributed by atoms with Crippen LogP contribution in [0.5, 0.6) is 0 Å². The highest BCUT2D eigenvalue weighted by Gasteiger charge is 2.51.